The van der Waals surface area contributed by atoms with Gasteiger partial charge in [0.25, 0.3) is 0 Å². The molecule has 5 aromatic rings. The zero-order valence-corrected chi connectivity index (χ0v) is 27.7. The van der Waals surface area contributed by atoms with E-state index in [1.54, 1.807) is 12.3 Å². The molecule has 0 radical (unpaired) electrons. The van der Waals surface area contributed by atoms with E-state index < -0.39 is 5.82 Å². The smallest absolute Gasteiger partial charge is 0.319 e. The van der Waals surface area contributed by atoms with Crippen molar-refractivity contribution in [2.24, 2.45) is 0 Å². The number of H-pyrrole nitrogens is 1. The van der Waals surface area contributed by atoms with Gasteiger partial charge in [-0.1, -0.05) is 23.2 Å². The van der Waals surface area contributed by atoms with Crippen LogP contribution < -0.4 is 20.1 Å². The topological polar surface area (TPSA) is 131 Å². The van der Waals surface area contributed by atoms with Gasteiger partial charge in [0.15, 0.2) is 5.82 Å². The third-order valence-corrected chi connectivity index (χ3v) is 10.2. The highest BCUT2D eigenvalue weighted by molar-refractivity contribution is 6.33. The van der Waals surface area contributed by atoms with E-state index in [4.69, 9.17) is 53.4 Å². The zero-order valence-electron chi connectivity index (χ0n) is 26.2. The number of pyridine rings is 2. The van der Waals surface area contributed by atoms with Gasteiger partial charge in [0.1, 0.15) is 41.4 Å². The van der Waals surface area contributed by atoms with Gasteiger partial charge in [-0.2, -0.15) is 15.1 Å². The number of likely N-dealkylation sites (tertiary alicyclic amines) is 1. The van der Waals surface area contributed by atoms with Gasteiger partial charge in [-0.05, 0) is 76.7 Å². The van der Waals surface area contributed by atoms with Gasteiger partial charge in [-0.25, -0.2) is 14.4 Å². The second-order valence-electron chi connectivity index (χ2n) is 12.8. The molecule has 0 spiro atoms. The van der Waals surface area contributed by atoms with E-state index in [1.165, 1.54) is 6.20 Å². The summed E-state index contributed by atoms with van der Waals surface area (Å²) in [4.78, 5) is 23.1. The molecular formula is C33H34Cl2FN9O2. The lowest BCUT2D eigenvalue weighted by Crippen LogP contribution is -2.39. The predicted molar refractivity (Wildman–Crippen MR) is 180 cm³/mol. The Morgan fingerprint density at radius 1 is 1.17 bits per heavy atom. The van der Waals surface area contributed by atoms with E-state index in [2.05, 4.69) is 27.1 Å². The number of benzene rings is 1. The second kappa shape index (κ2) is 11.6. The quantitative estimate of drug-likeness (QED) is 0.192. The van der Waals surface area contributed by atoms with Crippen molar-refractivity contribution in [2.75, 3.05) is 37.4 Å². The van der Waals surface area contributed by atoms with E-state index >= 15 is 4.39 Å². The first-order chi connectivity index (χ1) is 22.7. The summed E-state index contributed by atoms with van der Waals surface area (Å²) >= 11 is 13.2. The van der Waals surface area contributed by atoms with Crippen LogP contribution in [0.25, 0.3) is 33.1 Å². The molecular weight excluding hydrogens is 644 g/mol. The average Bonchev–Trinajstić information content (AvgIpc) is 3.67. The molecule has 14 heteroatoms. The van der Waals surface area contributed by atoms with E-state index in [0.29, 0.717) is 50.3 Å². The molecule has 0 bridgehead atoms. The van der Waals surface area contributed by atoms with E-state index in [0.717, 1.165) is 43.2 Å². The molecule has 2 aliphatic heterocycles. The van der Waals surface area contributed by atoms with Crippen LogP contribution in [0.3, 0.4) is 0 Å². The lowest BCUT2D eigenvalue weighted by Gasteiger charge is -2.35. The van der Waals surface area contributed by atoms with Crippen molar-refractivity contribution in [3.8, 4) is 23.1 Å². The van der Waals surface area contributed by atoms with Crippen molar-refractivity contribution in [3.05, 3.63) is 51.5 Å². The van der Waals surface area contributed by atoms with Crippen molar-refractivity contribution in [1.82, 2.24) is 35.0 Å². The predicted octanol–water partition coefficient (Wildman–Crippen LogP) is 6.69. The van der Waals surface area contributed by atoms with E-state index in [9.17, 15) is 0 Å². The van der Waals surface area contributed by atoms with Crippen molar-refractivity contribution < 1.29 is 13.9 Å². The Hall–Kier alpha value is -4.00. The molecule has 2 fully saturated rings. The molecule has 11 nitrogen and oxygen atoms in total. The molecule has 1 saturated heterocycles. The molecule has 3 aliphatic rings. The molecule has 6 heterocycles. The molecule has 3 atom stereocenters. The molecule has 47 heavy (non-hydrogen) atoms. The number of ether oxygens (including phenoxy) is 2. The summed E-state index contributed by atoms with van der Waals surface area (Å²) in [6.07, 6.45) is 7.19. The standard InChI is InChI=1S/C33H34Cl2FN9O2/c1-15-13-46-32-26-29(27(36)28(40-32)25-21-12-39-43-23(21)10-22(35)24(25)17-6-7-17)41-33(47-14-19-5-4-8-44(19)3)42-31(26)45(15)16(2)20-9-18(34)11-38-30(20)37/h9-12,15-17,19H,4-8,13-14H2,1-3H3,(H2,37,38)(H,39,43)/t15-,16+,19-/m0/s1. The maximum Gasteiger partial charge on any atom is 0.319 e. The number of hydrogen-bond donors (Lipinski definition) is 2. The summed E-state index contributed by atoms with van der Waals surface area (Å²) in [7, 11) is 2.07. The molecule has 8 rings (SSSR count). The Labute approximate surface area is 280 Å². The highest BCUT2D eigenvalue weighted by Crippen LogP contribution is 2.51. The third kappa shape index (κ3) is 5.17. The largest absolute Gasteiger partial charge is 0.475 e. The van der Waals surface area contributed by atoms with Crippen LogP contribution >= 0.6 is 23.2 Å². The minimum absolute atomic E-state index is 0.0478. The van der Waals surface area contributed by atoms with E-state index in [-0.39, 0.29) is 53.8 Å². The number of halogens is 3. The minimum Gasteiger partial charge on any atom is -0.475 e. The van der Waals surface area contributed by atoms with Gasteiger partial charge >= 0.3 is 6.01 Å². The monoisotopic (exact) mass is 677 g/mol. The molecule has 1 aliphatic carbocycles. The molecule has 1 aromatic carbocycles. The highest BCUT2D eigenvalue weighted by Gasteiger charge is 2.37. The van der Waals surface area contributed by atoms with Gasteiger partial charge in [0.2, 0.25) is 5.88 Å². The average molecular weight is 679 g/mol. The molecule has 3 N–H and O–H groups in total. The molecule has 1 saturated carbocycles. The van der Waals surface area contributed by atoms with Crippen LogP contribution in [-0.4, -0.2) is 73.9 Å². The SMILES string of the molecule is C[C@H](c1cc(Cl)cnc1N)N1c2nc(OC[C@@H]3CCCN3C)nc3c(F)c(-c4c(C5CC5)c(Cl)cc5[nH]ncc45)nc(c23)OC[C@@H]1C. The summed E-state index contributed by atoms with van der Waals surface area (Å²) in [5.41, 5.74) is 9.35. The fraction of sp³-hybridized carbons (Fsp3) is 0.424. The van der Waals surface area contributed by atoms with Crippen LogP contribution in [-0.2, 0) is 0 Å². The number of aromatic amines is 1. The second-order valence-corrected chi connectivity index (χ2v) is 13.7. The Morgan fingerprint density at radius 2 is 2.00 bits per heavy atom. The highest BCUT2D eigenvalue weighted by atomic mass is 35.5. The van der Waals surface area contributed by atoms with Gasteiger partial charge in [0, 0.05) is 33.8 Å². The van der Waals surface area contributed by atoms with Crippen LogP contribution in [0, 0.1) is 5.82 Å². The van der Waals surface area contributed by atoms with E-state index in [1.807, 2.05) is 24.8 Å². The van der Waals surface area contributed by atoms with Crippen LogP contribution in [0.15, 0.2) is 24.5 Å². The summed E-state index contributed by atoms with van der Waals surface area (Å²) in [6, 6.07) is 3.29. The van der Waals surface area contributed by atoms with Gasteiger partial charge in [-0.15, -0.1) is 0 Å². The lowest BCUT2D eigenvalue weighted by atomic mass is 9.95. The Bertz CT molecular complexity index is 2040. The van der Waals surface area contributed by atoms with Gasteiger partial charge in [-0.3, -0.25) is 5.10 Å². The number of nitrogen functional groups attached to an aromatic ring is 1. The number of hydrogen-bond acceptors (Lipinski definition) is 10. The number of anilines is 2. The number of aromatic nitrogens is 6. The van der Waals surface area contributed by atoms with Crippen LogP contribution in [0.2, 0.25) is 10.0 Å². The fourth-order valence-corrected chi connectivity index (χ4v) is 7.61. The summed E-state index contributed by atoms with van der Waals surface area (Å²) in [6.45, 7) is 5.58. The van der Waals surface area contributed by atoms with Crippen LogP contribution in [0.1, 0.15) is 62.6 Å². The number of likely N-dealkylation sites (N-methyl/N-ethyl adjacent to an activating group) is 1. The summed E-state index contributed by atoms with van der Waals surface area (Å²) in [5.74, 6) is 0.576. The van der Waals surface area contributed by atoms with Crippen molar-refractivity contribution in [2.45, 2.75) is 63.6 Å². The summed E-state index contributed by atoms with van der Waals surface area (Å²) in [5, 5.41) is 9.29. The van der Waals surface area contributed by atoms with Gasteiger partial charge < -0.3 is 25.0 Å². The van der Waals surface area contributed by atoms with Crippen molar-refractivity contribution >= 4 is 56.6 Å². The van der Waals surface area contributed by atoms with Crippen LogP contribution in [0.4, 0.5) is 16.0 Å². The number of rotatable bonds is 7. The van der Waals surface area contributed by atoms with Crippen molar-refractivity contribution in [1.29, 1.82) is 0 Å². The van der Waals surface area contributed by atoms with Crippen molar-refractivity contribution in [3.63, 3.8) is 0 Å². The Balaban J connectivity index is 1.36. The Kier molecular flexibility index (Phi) is 7.49. The first-order valence-corrected chi connectivity index (χ1v) is 16.7. The summed E-state index contributed by atoms with van der Waals surface area (Å²) < 4.78 is 29.9. The number of nitrogens with one attached hydrogen (secondary N) is 1. The zero-order chi connectivity index (χ0) is 32.6. The van der Waals surface area contributed by atoms with Gasteiger partial charge in [0.05, 0.1) is 28.8 Å². The number of nitrogens with zero attached hydrogens (tertiary/aromatic N) is 7. The first-order valence-electron chi connectivity index (χ1n) is 15.9. The molecule has 0 amide bonds. The number of nitrogens with two attached hydrogens (primary N) is 1. The number of fused-ring (bicyclic) bond motifs is 1. The molecule has 0 unspecified atom stereocenters. The lowest BCUT2D eigenvalue weighted by molar-refractivity contribution is 0.188. The fourth-order valence-electron chi connectivity index (χ4n) is 7.09. The maximum absolute atomic E-state index is 17.3. The first kappa shape index (κ1) is 30.3. The third-order valence-electron chi connectivity index (χ3n) is 9.71. The normalized spacial score (nSPS) is 20.5. The Morgan fingerprint density at radius 3 is 2.77 bits per heavy atom. The minimum atomic E-state index is -0.614. The molecule has 244 valence electrons. The molecule has 4 aromatic heterocycles. The van der Waals surface area contributed by atoms with Crippen LogP contribution in [0.5, 0.6) is 11.9 Å². The maximum atomic E-state index is 17.3.